The second-order valence-electron chi connectivity index (χ2n) is 5.78. The van der Waals surface area contributed by atoms with Crippen LogP contribution in [-0.2, 0) is 10.0 Å². The van der Waals surface area contributed by atoms with Gasteiger partial charge < -0.3 is 19.3 Å². The van der Waals surface area contributed by atoms with Gasteiger partial charge in [0.15, 0.2) is 11.5 Å². The van der Waals surface area contributed by atoms with Crippen molar-refractivity contribution in [3.05, 3.63) is 42.0 Å². The summed E-state index contributed by atoms with van der Waals surface area (Å²) in [4.78, 5) is 11.2. The Labute approximate surface area is 156 Å². The van der Waals surface area contributed by atoms with Gasteiger partial charge in [-0.15, -0.1) is 0 Å². The Morgan fingerprint density at radius 3 is 2.59 bits per heavy atom. The highest BCUT2D eigenvalue weighted by atomic mass is 32.2. The summed E-state index contributed by atoms with van der Waals surface area (Å²) < 4.78 is 44.3. The Hall–Kier alpha value is -2.94. The number of carboxylic acid groups (broad SMARTS) is 1. The van der Waals surface area contributed by atoms with Crippen LogP contribution < -0.4 is 18.9 Å². The number of rotatable bonds is 7. The lowest BCUT2D eigenvalue weighted by molar-refractivity contribution is 0.0697. The van der Waals surface area contributed by atoms with Crippen LogP contribution in [0, 0.1) is 0 Å². The number of benzene rings is 2. The number of fused-ring (bicyclic) bond motifs is 1. The van der Waals surface area contributed by atoms with E-state index >= 15 is 0 Å². The number of sulfonamides is 1. The number of ether oxygens (including phenoxy) is 3. The fourth-order valence-corrected chi connectivity index (χ4v) is 3.55. The predicted octanol–water partition coefficient (Wildman–Crippen LogP) is 2.75. The van der Waals surface area contributed by atoms with Crippen LogP contribution in [0.5, 0.6) is 17.2 Å². The minimum atomic E-state index is -4.00. The number of carbonyl (C=O) groups is 1. The highest BCUT2D eigenvalue weighted by Gasteiger charge is 2.21. The Bertz CT molecular complexity index is 956. The molecule has 0 saturated carbocycles. The van der Waals surface area contributed by atoms with Crippen LogP contribution >= 0.6 is 0 Å². The quantitative estimate of drug-likeness (QED) is 0.744. The smallest absolute Gasteiger partial charge is 0.335 e. The van der Waals surface area contributed by atoms with Gasteiger partial charge in [-0.3, -0.25) is 4.72 Å². The molecule has 27 heavy (non-hydrogen) atoms. The van der Waals surface area contributed by atoms with Gasteiger partial charge in [0, 0.05) is 6.07 Å². The van der Waals surface area contributed by atoms with Crippen molar-refractivity contribution in [3.8, 4) is 17.2 Å². The van der Waals surface area contributed by atoms with E-state index in [0.717, 1.165) is 6.42 Å². The van der Waals surface area contributed by atoms with Crippen molar-refractivity contribution >= 4 is 21.7 Å². The molecule has 0 aromatic heterocycles. The van der Waals surface area contributed by atoms with Crippen molar-refractivity contribution in [2.24, 2.45) is 0 Å². The van der Waals surface area contributed by atoms with E-state index in [-0.39, 0.29) is 21.9 Å². The molecule has 1 heterocycles. The van der Waals surface area contributed by atoms with E-state index in [9.17, 15) is 18.3 Å². The molecule has 0 fully saturated rings. The SMILES string of the molecule is CCCOc1ccc(C(=O)O)cc1NS(=O)(=O)c1ccc2c(c1)OCCO2. The zero-order chi connectivity index (χ0) is 19.4. The molecule has 2 N–H and O–H groups in total. The number of carboxylic acids is 1. The molecular weight excluding hydrogens is 374 g/mol. The summed E-state index contributed by atoms with van der Waals surface area (Å²) in [7, 11) is -4.00. The normalized spacial score (nSPS) is 13.1. The third-order valence-corrected chi connectivity index (χ3v) is 5.12. The molecule has 3 rings (SSSR count). The molecule has 8 nitrogen and oxygen atoms in total. The first-order chi connectivity index (χ1) is 12.9. The molecular formula is C18H19NO7S. The van der Waals surface area contributed by atoms with E-state index in [0.29, 0.717) is 31.3 Å². The van der Waals surface area contributed by atoms with Gasteiger partial charge in [0.2, 0.25) is 0 Å². The maximum Gasteiger partial charge on any atom is 0.335 e. The Morgan fingerprint density at radius 1 is 1.15 bits per heavy atom. The predicted molar refractivity (Wildman–Crippen MR) is 97.4 cm³/mol. The average molecular weight is 393 g/mol. The van der Waals surface area contributed by atoms with Gasteiger partial charge in [-0.2, -0.15) is 0 Å². The summed E-state index contributed by atoms with van der Waals surface area (Å²) in [5.41, 5.74) is -0.00281. The molecule has 0 bridgehead atoms. The lowest BCUT2D eigenvalue weighted by atomic mass is 10.2. The van der Waals surface area contributed by atoms with Crippen LogP contribution in [-0.4, -0.2) is 39.3 Å². The lowest BCUT2D eigenvalue weighted by Crippen LogP contribution is -2.18. The molecule has 2 aromatic rings. The Balaban J connectivity index is 1.94. The maximum atomic E-state index is 12.8. The second kappa shape index (κ2) is 7.75. The van der Waals surface area contributed by atoms with E-state index in [1.165, 1.54) is 36.4 Å². The van der Waals surface area contributed by atoms with E-state index < -0.39 is 16.0 Å². The van der Waals surface area contributed by atoms with E-state index in [4.69, 9.17) is 14.2 Å². The Morgan fingerprint density at radius 2 is 1.89 bits per heavy atom. The van der Waals surface area contributed by atoms with Crippen LogP contribution in [0.2, 0.25) is 0 Å². The third kappa shape index (κ3) is 4.25. The number of nitrogens with one attached hydrogen (secondary N) is 1. The lowest BCUT2D eigenvalue weighted by Gasteiger charge is -2.19. The molecule has 144 valence electrons. The molecule has 0 unspecified atom stereocenters. The summed E-state index contributed by atoms with van der Waals surface area (Å²) in [6.45, 7) is 3.01. The number of anilines is 1. The molecule has 0 spiro atoms. The second-order valence-corrected chi connectivity index (χ2v) is 7.46. The Kier molecular flexibility index (Phi) is 5.41. The largest absolute Gasteiger partial charge is 0.491 e. The topological polar surface area (TPSA) is 111 Å². The highest BCUT2D eigenvalue weighted by Crippen LogP contribution is 2.34. The van der Waals surface area contributed by atoms with Crippen LogP contribution in [0.1, 0.15) is 23.7 Å². The number of aromatic carboxylic acids is 1. The van der Waals surface area contributed by atoms with Gasteiger partial charge in [-0.1, -0.05) is 6.92 Å². The van der Waals surface area contributed by atoms with Crippen LogP contribution in [0.15, 0.2) is 41.3 Å². The molecule has 0 aliphatic carbocycles. The minimum Gasteiger partial charge on any atom is -0.491 e. The zero-order valence-corrected chi connectivity index (χ0v) is 15.4. The zero-order valence-electron chi connectivity index (χ0n) is 14.6. The molecule has 2 aromatic carbocycles. The van der Waals surface area contributed by atoms with E-state index in [2.05, 4.69) is 4.72 Å². The van der Waals surface area contributed by atoms with Crippen molar-refractivity contribution in [3.63, 3.8) is 0 Å². The summed E-state index contributed by atoms with van der Waals surface area (Å²) >= 11 is 0. The fourth-order valence-electron chi connectivity index (χ4n) is 2.48. The monoisotopic (exact) mass is 393 g/mol. The summed E-state index contributed by atoms with van der Waals surface area (Å²) in [5.74, 6) is -0.106. The summed E-state index contributed by atoms with van der Waals surface area (Å²) in [5, 5.41) is 9.18. The van der Waals surface area contributed by atoms with Gasteiger partial charge in [0.25, 0.3) is 10.0 Å². The molecule has 0 saturated heterocycles. The molecule has 1 aliphatic heterocycles. The van der Waals surface area contributed by atoms with E-state index in [1.54, 1.807) is 0 Å². The van der Waals surface area contributed by atoms with Crippen molar-refractivity contribution in [2.75, 3.05) is 24.5 Å². The maximum absolute atomic E-state index is 12.8. The van der Waals surface area contributed by atoms with Crippen LogP contribution in [0.25, 0.3) is 0 Å². The van der Waals surface area contributed by atoms with Crippen LogP contribution in [0.3, 0.4) is 0 Å². The minimum absolute atomic E-state index is 0.0334. The molecule has 1 aliphatic rings. The van der Waals surface area contributed by atoms with Crippen molar-refractivity contribution < 1.29 is 32.5 Å². The summed E-state index contributed by atoms with van der Waals surface area (Å²) in [6.07, 6.45) is 0.717. The van der Waals surface area contributed by atoms with Gasteiger partial charge >= 0.3 is 5.97 Å². The van der Waals surface area contributed by atoms with E-state index in [1.807, 2.05) is 6.92 Å². The third-order valence-electron chi connectivity index (χ3n) is 3.76. The van der Waals surface area contributed by atoms with Gasteiger partial charge in [0.05, 0.1) is 22.8 Å². The van der Waals surface area contributed by atoms with Crippen LogP contribution in [0.4, 0.5) is 5.69 Å². The summed E-state index contributed by atoms with van der Waals surface area (Å²) in [6, 6.07) is 8.29. The van der Waals surface area contributed by atoms with Gasteiger partial charge in [0.1, 0.15) is 19.0 Å². The van der Waals surface area contributed by atoms with Crippen molar-refractivity contribution in [1.82, 2.24) is 0 Å². The number of hydrogen-bond acceptors (Lipinski definition) is 6. The molecule has 9 heteroatoms. The molecule has 0 amide bonds. The van der Waals surface area contributed by atoms with Crippen molar-refractivity contribution in [1.29, 1.82) is 0 Å². The highest BCUT2D eigenvalue weighted by molar-refractivity contribution is 7.92. The van der Waals surface area contributed by atoms with Crippen molar-refractivity contribution in [2.45, 2.75) is 18.2 Å². The standard InChI is InChI=1S/C18H19NO7S/c1-2-7-24-15-5-3-12(18(20)21)10-14(15)19-27(22,23)13-4-6-16-17(11-13)26-9-8-25-16/h3-6,10-11,19H,2,7-9H2,1H3,(H,20,21). The fraction of sp³-hybridized carbons (Fsp3) is 0.278. The van der Waals surface area contributed by atoms with Gasteiger partial charge in [-0.05, 0) is 36.8 Å². The molecule has 0 radical (unpaired) electrons. The van der Waals surface area contributed by atoms with Gasteiger partial charge in [-0.25, -0.2) is 13.2 Å². The first kappa shape index (κ1) is 18.8. The average Bonchev–Trinajstić information content (AvgIpc) is 2.66. The first-order valence-corrected chi connectivity index (χ1v) is 9.81. The number of hydrogen-bond donors (Lipinski definition) is 2. The first-order valence-electron chi connectivity index (χ1n) is 8.33. The molecule has 0 atom stereocenters.